The van der Waals surface area contributed by atoms with Gasteiger partial charge in [-0.1, -0.05) is 106 Å². The van der Waals surface area contributed by atoms with Crippen LogP contribution in [0.2, 0.25) is 0 Å². The monoisotopic (exact) mass is 803 g/mol. The molecule has 0 fully saturated rings. The Bertz CT molecular complexity index is 1650. The fourth-order valence-electron chi connectivity index (χ4n) is 6.15. The van der Waals surface area contributed by atoms with Crippen LogP contribution in [0.1, 0.15) is 134 Å². The highest BCUT2D eigenvalue weighted by molar-refractivity contribution is 5.98. The van der Waals surface area contributed by atoms with Crippen LogP contribution in [0.5, 0.6) is 5.75 Å². The highest BCUT2D eigenvalue weighted by Gasteiger charge is 2.49. The molecule has 58 heavy (non-hydrogen) atoms. The molecule has 318 valence electrons. The number of ether oxygens (including phenoxy) is 3. The predicted molar refractivity (Wildman–Crippen MR) is 224 cm³/mol. The summed E-state index contributed by atoms with van der Waals surface area (Å²) >= 11 is 0. The molecule has 0 unspecified atom stereocenters. The topological polar surface area (TPSA) is 166 Å². The zero-order valence-electron chi connectivity index (χ0n) is 35.2. The molecule has 0 spiro atoms. The van der Waals surface area contributed by atoms with E-state index in [1.165, 1.54) is 25.3 Å². The first kappa shape index (κ1) is 49.4. The molecular weight excluding hydrogens is 739 g/mol. The number of nitrogens with one attached hydrogen (secondary N) is 1. The van der Waals surface area contributed by atoms with E-state index in [1.807, 2.05) is 0 Å². The van der Waals surface area contributed by atoms with Crippen molar-refractivity contribution in [1.29, 1.82) is 0 Å². The Morgan fingerprint density at radius 3 is 2.10 bits per heavy atom. The van der Waals surface area contributed by atoms with E-state index in [-0.39, 0.29) is 13.0 Å². The maximum absolute atomic E-state index is 14.2. The Labute approximate surface area is 345 Å². The smallest absolute Gasteiger partial charge is 0.339 e. The number of esters is 2. The lowest BCUT2D eigenvalue weighted by molar-refractivity contribution is -0.185. The number of allylic oxidation sites excluding steroid dienone is 1. The summed E-state index contributed by atoms with van der Waals surface area (Å²) in [6.45, 7) is 7.70. The molecule has 0 aliphatic carbocycles. The molecule has 0 heterocycles. The zero-order chi connectivity index (χ0) is 42.8. The second kappa shape index (κ2) is 27.0. The highest BCUT2D eigenvalue weighted by Crippen LogP contribution is 2.29. The van der Waals surface area contributed by atoms with Crippen molar-refractivity contribution in [1.82, 2.24) is 5.32 Å². The van der Waals surface area contributed by atoms with Gasteiger partial charge in [0.15, 0.2) is 18.0 Å². The summed E-state index contributed by atoms with van der Waals surface area (Å²) < 4.78 is 16.6. The number of carbonyl (C=O) groups excluding carboxylic acids is 5. The minimum absolute atomic E-state index is 0.0677. The fourth-order valence-corrected chi connectivity index (χ4v) is 6.15. The number of aliphatic hydroxyl groups is 2. The van der Waals surface area contributed by atoms with Crippen LogP contribution in [0.4, 0.5) is 0 Å². The van der Waals surface area contributed by atoms with Gasteiger partial charge in [-0.25, -0.2) is 9.59 Å². The quantitative estimate of drug-likeness (QED) is 0.0259. The number of aliphatic hydroxyl groups excluding tert-OH is 1. The number of ketones is 2. The molecule has 3 atom stereocenters. The molecule has 0 aromatic heterocycles. The fraction of sp³-hybridized carbons (Fsp3) is 0.553. The van der Waals surface area contributed by atoms with Crippen molar-refractivity contribution in [3.8, 4) is 17.6 Å². The molecule has 0 radical (unpaired) electrons. The summed E-state index contributed by atoms with van der Waals surface area (Å²) in [7, 11) is 0. The third-order valence-electron chi connectivity index (χ3n) is 9.40. The molecule has 2 rings (SSSR count). The third kappa shape index (κ3) is 19.1. The first-order chi connectivity index (χ1) is 27.7. The summed E-state index contributed by atoms with van der Waals surface area (Å²) in [4.78, 5) is 66.5. The van der Waals surface area contributed by atoms with Gasteiger partial charge >= 0.3 is 11.9 Å². The number of carbonyl (C=O) groups is 5. The number of hydrogen-bond acceptors (Lipinski definition) is 10. The molecule has 2 aromatic carbocycles. The second-order valence-corrected chi connectivity index (χ2v) is 15.5. The lowest BCUT2D eigenvalue weighted by Gasteiger charge is -2.34. The van der Waals surface area contributed by atoms with Crippen molar-refractivity contribution in [2.75, 3.05) is 19.8 Å². The molecular formula is C47H65NO10. The Morgan fingerprint density at radius 1 is 0.862 bits per heavy atom. The van der Waals surface area contributed by atoms with Crippen molar-refractivity contribution in [3.05, 3.63) is 77.9 Å². The largest absolute Gasteiger partial charge is 0.481 e. The molecule has 0 saturated heterocycles. The van der Waals surface area contributed by atoms with Gasteiger partial charge in [0, 0.05) is 37.9 Å². The van der Waals surface area contributed by atoms with Gasteiger partial charge in [0.05, 0.1) is 5.92 Å². The average Bonchev–Trinajstić information content (AvgIpc) is 3.19. The maximum atomic E-state index is 14.2. The number of hydrogen-bond donors (Lipinski definition) is 3. The van der Waals surface area contributed by atoms with Crippen molar-refractivity contribution < 1.29 is 48.4 Å². The van der Waals surface area contributed by atoms with Crippen molar-refractivity contribution in [3.63, 3.8) is 0 Å². The van der Waals surface area contributed by atoms with Gasteiger partial charge in [-0.15, -0.1) is 5.92 Å². The Kier molecular flexibility index (Phi) is 23.0. The van der Waals surface area contributed by atoms with Crippen molar-refractivity contribution in [2.24, 2.45) is 5.92 Å². The highest BCUT2D eigenvalue weighted by atomic mass is 16.6. The Balaban J connectivity index is 2.27. The Hall–Kier alpha value is -4.79. The van der Waals surface area contributed by atoms with Crippen LogP contribution in [-0.2, 0) is 35.1 Å². The molecule has 0 bridgehead atoms. The molecule has 0 aliphatic heterocycles. The Morgan fingerprint density at radius 2 is 1.50 bits per heavy atom. The van der Waals surface area contributed by atoms with Crippen molar-refractivity contribution >= 4 is 29.4 Å². The van der Waals surface area contributed by atoms with Crippen LogP contribution in [0.3, 0.4) is 0 Å². The van der Waals surface area contributed by atoms with Crippen LogP contribution in [0, 0.1) is 17.8 Å². The molecule has 11 heteroatoms. The van der Waals surface area contributed by atoms with Crippen LogP contribution in [0.15, 0.2) is 66.7 Å². The molecule has 0 aliphatic rings. The van der Waals surface area contributed by atoms with Gasteiger partial charge in [0.2, 0.25) is 5.91 Å². The van der Waals surface area contributed by atoms with Gasteiger partial charge < -0.3 is 29.7 Å². The summed E-state index contributed by atoms with van der Waals surface area (Å²) in [5, 5.41) is 24.6. The average molecular weight is 804 g/mol. The molecule has 1 amide bonds. The van der Waals surface area contributed by atoms with Crippen LogP contribution < -0.4 is 10.1 Å². The van der Waals surface area contributed by atoms with Crippen LogP contribution in [0.25, 0.3) is 0 Å². The lowest BCUT2D eigenvalue weighted by atomic mass is 9.82. The zero-order valence-corrected chi connectivity index (χ0v) is 35.2. The number of Topliss-reactive ketones (excluding diaryl/α,β-unsaturated/α-hetero) is 2. The lowest BCUT2D eigenvalue weighted by Crippen LogP contribution is -2.56. The second-order valence-electron chi connectivity index (χ2n) is 15.5. The van der Waals surface area contributed by atoms with Crippen LogP contribution in [-0.4, -0.2) is 76.7 Å². The minimum Gasteiger partial charge on any atom is -0.481 e. The van der Waals surface area contributed by atoms with E-state index in [2.05, 4.69) is 24.1 Å². The van der Waals surface area contributed by atoms with E-state index in [9.17, 15) is 34.2 Å². The van der Waals surface area contributed by atoms with E-state index < -0.39 is 66.4 Å². The van der Waals surface area contributed by atoms with E-state index >= 15 is 0 Å². The summed E-state index contributed by atoms with van der Waals surface area (Å²) in [5.74, 6) is 1.48. The van der Waals surface area contributed by atoms with Gasteiger partial charge in [0.1, 0.15) is 29.8 Å². The van der Waals surface area contributed by atoms with E-state index in [1.54, 1.807) is 88.4 Å². The minimum atomic E-state index is -2.50. The van der Waals surface area contributed by atoms with E-state index in [0.29, 0.717) is 41.9 Å². The summed E-state index contributed by atoms with van der Waals surface area (Å²) in [5.41, 5.74) is -2.57. The molecule has 11 nitrogen and oxygen atoms in total. The van der Waals surface area contributed by atoms with Gasteiger partial charge in [-0.3, -0.25) is 14.4 Å². The van der Waals surface area contributed by atoms with Gasteiger partial charge in [-0.05, 0) is 71.1 Å². The summed E-state index contributed by atoms with van der Waals surface area (Å²) in [6, 6.07) is 13.8. The SMILES string of the molecule is CC#CCOc1ccc(C[C@H](NC(=O)[C@@H](C=CCCCCCCC(=O)CCCCCCC)[C@@](O)(CCO)C(=O)OC(C)(C)C)C(=O)OCC(=O)c2ccccc2)cc1. The normalized spacial score (nSPS) is 13.4. The van der Waals surface area contributed by atoms with Crippen LogP contribution >= 0.6 is 0 Å². The first-order valence-electron chi connectivity index (χ1n) is 20.7. The maximum Gasteiger partial charge on any atom is 0.339 e. The summed E-state index contributed by atoms with van der Waals surface area (Å²) in [6.07, 6.45) is 13.0. The van der Waals surface area contributed by atoms with Gasteiger partial charge in [-0.2, -0.15) is 0 Å². The van der Waals surface area contributed by atoms with E-state index in [0.717, 1.165) is 38.5 Å². The standard InChI is InChI=1S/C47H65NO10/c1-6-8-10-13-19-24-38(50)25-20-14-11-12-15-21-26-40(47(55,31-32-49)45(54)58-46(3,4)5)43(52)48-41(34-36-27-29-39(30-28-36)56-33-9-7-2)44(53)57-35-42(51)37-22-17-16-18-23-37/h16-18,21-23,26-30,40-41,49,55H,6,8,10-15,19-20,24-25,31-35H2,1-5H3,(H,48,52)/t40-,41+,47+/m1/s1. The van der Waals surface area contributed by atoms with E-state index in [4.69, 9.17) is 14.2 Å². The third-order valence-corrected chi connectivity index (χ3v) is 9.40. The molecule has 3 N–H and O–H groups in total. The predicted octanol–water partition coefficient (Wildman–Crippen LogP) is 7.44. The molecule has 0 saturated carbocycles. The first-order valence-corrected chi connectivity index (χ1v) is 20.7. The molecule has 2 aromatic rings. The van der Waals surface area contributed by atoms with Gasteiger partial charge in [0.25, 0.3) is 0 Å². The van der Waals surface area contributed by atoms with Crippen molar-refractivity contribution in [2.45, 2.75) is 142 Å². The number of benzene rings is 2. The number of rotatable bonds is 28. The number of unbranched alkanes of at least 4 members (excludes halogenated alkanes) is 8. The number of amides is 1.